The first-order valence-corrected chi connectivity index (χ1v) is 8.59. The third kappa shape index (κ3) is 5.07. The second-order valence-corrected chi connectivity index (χ2v) is 8.64. The van der Waals surface area contributed by atoms with E-state index < -0.39 is 9.75 Å². The molecule has 0 unspecified atom stereocenters. The lowest BCUT2D eigenvalue weighted by Gasteiger charge is -2.15. The first-order valence-electron chi connectivity index (χ1n) is 7.84. The second kappa shape index (κ2) is 7.19. The van der Waals surface area contributed by atoms with Crippen molar-refractivity contribution < 1.29 is 14.3 Å². The highest BCUT2D eigenvalue weighted by atomic mass is 35.5. The quantitative estimate of drug-likeness (QED) is 0.465. The van der Waals surface area contributed by atoms with Crippen molar-refractivity contribution in [2.75, 3.05) is 0 Å². The summed E-state index contributed by atoms with van der Waals surface area (Å²) in [5.41, 5.74) is 1.05. The molecule has 0 aliphatic carbocycles. The molecule has 0 aliphatic rings. The van der Waals surface area contributed by atoms with Crippen molar-refractivity contribution in [2.45, 2.75) is 37.4 Å². The highest BCUT2D eigenvalue weighted by Gasteiger charge is 2.26. The van der Waals surface area contributed by atoms with Gasteiger partial charge < -0.3 is 4.74 Å². The van der Waals surface area contributed by atoms with Crippen LogP contribution in [-0.2, 0) is 0 Å². The van der Waals surface area contributed by atoms with Crippen LogP contribution in [-0.4, -0.2) is 21.3 Å². The summed E-state index contributed by atoms with van der Waals surface area (Å²) in [5, 5.41) is 0. The van der Waals surface area contributed by atoms with Crippen molar-refractivity contribution in [1.82, 2.24) is 0 Å². The molecule has 2 rings (SSSR count). The average molecular weight is 379 g/mol. The molecule has 0 amide bonds. The average Bonchev–Trinajstić information content (AvgIpc) is 2.53. The zero-order valence-corrected chi connectivity index (χ0v) is 16.1. The summed E-state index contributed by atoms with van der Waals surface area (Å²) in [6.07, 6.45) is 0. The standard InChI is InChI=1S/C20H20Cl2O3/c1-19(2,21)17(23)13-5-9-15(10-6-13)25-16-11-7-14(8-12-16)18(24)20(3,4)22/h5-12H,1-4H3. The van der Waals surface area contributed by atoms with Gasteiger partial charge in [-0.3, -0.25) is 9.59 Å². The second-order valence-electron chi connectivity index (χ2n) is 6.75. The van der Waals surface area contributed by atoms with Crippen LogP contribution in [0.15, 0.2) is 48.5 Å². The molecular formula is C20H20Cl2O3. The van der Waals surface area contributed by atoms with Crippen molar-refractivity contribution in [1.29, 1.82) is 0 Å². The van der Waals surface area contributed by atoms with Gasteiger partial charge in [-0.1, -0.05) is 0 Å². The lowest BCUT2D eigenvalue weighted by molar-refractivity contribution is 0.0947. The van der Waals surface area contributed by atoms with Crippen LogP contribution < -0.4 is 4.74 Å². The van der Waals surface area contributed by atoms with Crippen molar-refractivity contribution >= 4 is 34.8 Å². The topological polar surface area (TPSA) is 43.4 Å². The van der Waals surface area contributed by atoms with E-state index in [0.29, 0.717) is 22.6 Å². The van der Waals surface area contributed by atoms with Crippen LogP contribution in [0.1, 0.15) is 48.4 Å². The molecule has 0 N–H and O–H groups in total. The number of Topliss-reactive ketones (excluding diaryl/α,β-unsaturated/α-hetero) is 2. The van der Waals surface area contributed by atoms with Crippen LogP contribution in [0.25, 0.3) is 0 Å². The molecule has 0 aromatic heterocycles. The fraction of sp³-hybridized carbons (Fsp3) is 0.300. The number of rotatable bonds is 6. The van der Waals surface area contributed by atoms with Crippen LogP contribution >= 0.6 is 23.2 Å². The Labute approximate surface area is 157 Å². The Morgan fingerprint density at radius 3 is 1.20 bits per heavy atom. The molecule has 25 heavy (non-hydrogen) atoms. The van der Waals surface area contributed by atoms with Gasteiger partial charge in [0.25, 0.3) is 0 Å². The maximum atomic E-state index is 12.1. The van der Waals surface area contributed by atoms with E-state index in [4.69, 9.17) is 27.9 Å². The summed E-state index contributed by atoms with van der Waals surface area (Å²) in [5.74, 6) is 0.876. The molecule has 0 fully saturated rings. The van der Waals surface area contributed by atoms with E-state index in [1.807, 2.05) is 0 Å². The molecule has 0 atom stereocenters. The van der Waals surface area contributed by atoms with Crippen molar-refractivity contribution in [3.05, 3.63) is 59.7 Å². The van der Waals surface area contributed by atoms with E-state index in [-0.39, 0.29) is 11.6 Å². The predicted octanol–water partition coefficient (Wildman–Crippen LogP) is 5.88. The summed E-state index contributed by atoms with van der Waals surface area (Å²) < 4.78 is 5.73. The zero-order chi connectivity index (χ0) is 18.8. The van der Waals surface area contributed by atoms with Gasteiger partial charge in [-0.25, -0.2) is 0 Å². The number of carbonyl (C=O) groups is 2. The first kappa shape index (κ1) is 19.5. The maximum Gasteiger partial charge on any atom is 0.183 e. The Morgan fingerprint density at radius 1 is 0.680 bits per heavy atom. The van der Waals surface area contributed by atoms with E-state index in [1.165, 1.54) is 0 Å². The Hall–Kier alpha value is -1.84. The fourth-order valence-corrected chi connectivity index (χ4v) is 2.39. The molecule has 2 aromatic carbocycles. The molecule has 2 aromatic rings. The van der Waals surface area contributed by atoms with Gasteiger partial charge in [-0.05, 0) is 76.2 Å². The number of ketones is 2. The molecule has 0 aliphatic heterocycles. The van der Waals surface area contributed by atoms with E-state index >= 15 is 0 Å². The van der Waals surface area contributed by atoms with Crippen LogP contribution in [0.2, 0.25) is 0 Å². The van der Waals surface area contributed by atoms with Crippen LogP contribution in [0, 0.1) is 0 Å². The highest BCUT2D eigenvalue weighted by molar-refractivity contribution is 6.37. The molecule has 0 heterocycles. The number of hydrogen-bond acceptors (Lipinski definition) is 3. The lowest BCUT2D eigenvalue weighted by atomic mass is 10.0. The van der Waals surface area contributed by atoms with Crippen LogP contribution in [0.5, 0.6) is 11.5 Å². The zero-order valence-electron chi connectivity index (χ0n) is 14.6. The van der Waals surface area contributed by atoms with Crippen LogP contribution in [0.3, 0.4) is 0 Å². The highest BCUT2D eigenvalue weighted by Crippen LogP contribution is 2.26. The van der Waals surface area contributed by atoms with Gasteiger partial charge in [0.1, 0.15) is 21.2 Å². The Kier molecular flexibility index (Phi) is 5.60. The minimum Gasteiger partial charge on any atom is -0.457 e. The van der Waals surface area contributed by atoms with E-state index in [2.05, 4.69) is 0 Å². The molecule has 0 saturated carbocycles. The van der Waals surface area contributed by atoms with E-state index in [0.717, 1.165) is 0 Å². The van der Waals surface area contributed by atoms with Crippen molar-refractivity contribution in [2.24, 2.45) is 0 Å². The molecule has 0 bridgehead atoms. The lowest BCUT2D eigenvalue weighted by Crippen LogP contribution is -2.24. The summed E-state index contributed by atoms with van der Waals surface area (Å²) in [6, 6.07) is 13.5. The molecule has 3 nitrogen and oxygen atoms in total. The molecule has 0 saturated heterocycles. The van der Waals surface area contributed by atoms with Gasteiger partial charge in [-0.2, -0.15) is 0 Å². The van der Waals surface area contributed by atoms with Gasteiger partial charge in [0.15, 0.2) is 11.6 Å². The molecular weight excluding hydrogens is 359 g/mol. The van der Waals surface area contributed by atoms with E-state index in [9.17, 15) is 9.59 Å². The summed E-state index contributed by atoms with van der Waals surface area (Å²) >= 11 is 12.1. The SMILES string of the molecule is CC(C)(Cl)C(=O)c1ccc(Oc2ccc(C(=O)C(C)(C)Cl)cc2)cc1. The summed E-state index contributed by atoms with van der Waals surface area (Å²) in [4.78, 5) is 22.3. The molecule has 132 valence electrons. The number of hydrogen-bond donors (Lipinski definition) is 0. The minimum absolute atomic E-state index is 0.146. The number of carbonyl (C=O) groups excluding carboxylic acids is 2. The first-order chi connectivity index (χ1) is 11.5. The van der Waals surface area contributed by atoms with Gasteiger partial charge in [-0.15, -0.1) is 23.2 Å². The summed E-state index contributed by atoms with van der Waals surface area (Å²) in [7, 11) is 0. The third-order valence-corrected chi connectivity index (χ3v) is 3.89. The Bertz CT molecular complexity index is 697. The molecule has 5 heteroatoms. The van der Waals surface area contributed by atoms with Crippen LogP contribution in [0.4, 0.5) is 0 Å². The largest absolute Gasteiger partial charge is 0.457 e. The number of halogens is 2. The predicted molar refractivity (Wildman–Crippen MR) is 101 cm³/mol. The van der Waals surface area contributed by atoms with Gasteiger partial charge in [0, 0.05) is 11.1 Å². The van der Waals surface area contributed by atoms with Gasteiger partial charge in [0.05, 0.1) is 0 Å². The van der Waals surface area contributed by atoms with Crippen molar-refractivity contribution in [3.63, 3.8) is 0 Å². The number of benzene rings is 2. The van der Waals surface area contributed by atoms with Gasteiger partial charge >= 0.3 is 0 Å². The maximum absolute atomic E-state index is 12.1. The van der Waals surface area contributed by atoms with Gasteiger partial charge in [0.2, 0.25) is 0 Å². The smallest absolute Gasteiger partial charge is 0.183 e. The molecule has 0 radical (unpaired) electrons. The van der Waals surface area contributed by atoms with E-state index in [1.54, 1.807) is 76.2 Å². The molecule has 0 spiro atoms. The minimum atomic E-state index is -0.944. The number of ether oxygens (including phenoxy) is 1. The summed E-state index contributed by atoms with van der Waals surface area (Å²) in [6.45, 7) is 6.64. The monoisotopic (exact) mass is 378 g/mol. The fourth-order valence-electron chi connectivity index (χ4n) is 2.17. The number of alkyl halides is 2. The van der Waals surface area contributed by atoms with Crippen molar-refractivity contribution in [3.8, 4) is 11.5 Å². The normalized spacial score (nSPS) is 11.9. The Morgan fingerprint density at radius 2 is 0.960 bits per heavy atom. The Balaban J connectivity index is 2.10. The third-order valence-electron chi connectivity index (χ3n) is 3.55.